The highest BCUT2D eigenvalue weighted by Gasteiger charge is 2.10. The normalized spacial score (nSPS) is 10.7. The predicted octanol–water partition coefficient (Wildman–Crippen LogP) is 3.85. The molecule has 2 aromatic carbocycles. The highest BCUT2D eigenvalue weighted by atomic mass is 79.9. The van der Waals surface area contributed by atoms with Gasteiger partial charge in [-0.15, -0.1) is 0 Å². The Hall–Kier alpha value is -2.38. The van der Waals surface area contributed by atoms with Crippen LogP contribution in [-0.2, 0) is 11.3 Å². The Morgan fingerprint density at radius 1 is 1.31 bits per heavy atom. The topological polar surface area (TPSA) is 73.2 Å². The molecule has 0 fully saturated rings. The van der Waals surface area contributed by atoms with E-state index in [0.717, 1.165) is 4.47 Å². The van der Waals surface area contributed by atoms with E-state index in [1.54, 1.807) is 30.3 Å². The van der Waals surface area contributed by atoms with Gasteiger partial charge in [-0.1, -0.05) is 27.5 Å². The summed E-state index contributed by atoms with van der Waals surface area (Å²) >= 11 is 9.30. The van der Waals surface area contributed by atoms with Crippen LogP contribution in [0.3, 0.4) is 0 Å². The fourth-order valence-corrected chi connectivity index (χ4v) is 3.04. The van der Waals surface area contributed by atoms with Crippen molar-refractivity contribution in [2.75, 3.05) is 12.4 Å². The zero-order valence-electron chi connectivity index (χ0n) is 13.8. The molecular weight excluding hydrogens is 422 g/mol. The van der Waals surface area contributed by atoms with Crippen LogP contribution in [0.5, 0.6) is 5.75 Å². The molecular formula is C18H15BrClN3O3. The highest BCUT2D eigenvalue weighted by Crippen LogP contribution is 2.27. The summed E-state index contributed by atoms with van der Waals surface area (Å²) in [6.07, 6.45) is 1.56. The van der Waals surface area contributed by atoms with Crippen LogP contribution in [0.2, 0.25) is 5.02 Å². The van der Waals surface area contributed by atoms with Gasteiger partial charge in [0.2, 0.25) is 5.91 Å². The van der Waals surface area contributed by atoms with Gasteiger partial charge >= 0.3 is 0 Å². The summed E-state index contributed by atoms with van der Waals surface area (Å²) in [6.45, 7) is 0.211. The number of hydrogen-bond acceptors (Lipinski definition) is 4. The first-order chi connectivity index (χ1) is 12.5. The van der Waals surface area contributed by atoms with Crippen LogP contribution in [0.1, 0.15) is 6.42 Å². The van der Waals surface area contributed by atoms with Gasteiger partial charge in [-0.05, 0) is 36.4 Å². The van der Waals surface area contributed by atoms with Crippen molar-refractivity contribution < 1.29 is 9.53 Å². The number of hydrogen-bond donors (Lipinski definition) is 1. The number of fused-ring (bicyclic) bond motifs is 1. The van der Waals surface area contributed by atoms with Gasteiger partial charge in [0.05, 0.1) is 30.0 Å². The second-order valence-corrected chi connectivity index (χ2v) is 6.90. The van der Waals surface area contributed by atoms with E-state index >= 15 is 0 Å². The van der Waals surface area contributed by atoms with Crippen molar-refractivity contribution in [1.29, 1.82) is 0 Å². The summed E-state index contributed by atoms with van der Waals surface area (Å²) in [5.74, 6) is 0.254. The lowest BCUT2D eigenvalue weighted by Crippen LogP contribution is -2.23. The van der Waals surface area contributed by atoms with E-state index in [0.29, 0.717) is 27.4 Å². The van der Waals surface area contributed by atoms with Crippen molar-refractivity contribution >= 4 is 50.0 Å². The molecule has 1 aromatic heterocycles. The van der Waals surface area contributed by atoms with Gasteiger partial charge in [-0.3, -0.25) is 14.2 Å². The van der Waals surface area contributed by atoms with Crippen molar-refractivity contribution in [3.63, 3.8) is 0 Å². The Kier molecular flexibility index (Phi) is 5.58. The van der Waals surface area contributed by atoms with Gasteiger partial charge in [0, 0.05) is 22.5 Å². The molecule has 0 aliphatic rings. The van der Waals surface area contributed by atoms with Gasteiger partial charge in [-0.2, -0.15) is 0 Å². The van der Waals surface area contributed by atoms with E-state index in [2.05, 4.69) is 26.2 Å². The molecule has 0 saturated heterocycles. The van der Waals surface area contributed by atoms with Crippen molar-refractivity contribution in [3.8, 4) is 5.75 Å². The number of carbonyl (C=O) groups excluding carboxylic acids is 1. The number of rotatable bonds is 5. The Bertz CT molecular complexity index is 1040. The zero-order valence-corrected chi connectivity index (χ0v) is 16.2. The molecule has 8 heteroatoms. The number of nitrogens with zero attached hydrogens (tertiary/aromatic N) is 2. The van der Waals surface area contributed by atoms with Crippen LogP contribution in [-0.4, -0.2) is 22.6 Å². The summed E-state index contributed by atoms with van der Waals surface area (Å²) in [5.41, 5.74) is 0.907. The quantitative estimate of drug-likeness (QED) is 0.659. The van der Waals surface area contributed by atoms with Crippen LogP contribution in [0.25, 0.3) is 10.9 Å². The maximum absolute atomic E-state index is 12.5. The number of amides is 1. The van der Waals surface area contributed by atoms with Crippen molar-refractivity contribution in [2.24, 2.45) is 0 Å². The maximum atomic E-state index is 12.5. The number of carbonyl (C=O) groups is 1. The first-order valence-electron chi connectivity index (χ1n) is 7.76. The molecule has 0 saturated carbocycles. The highest BCUT2D eigenvalue weighted by molar-refractivity contribution is 9.10. The summed E-state index contributed by atoms with van der Waals surface area (Å²) in [7, 11) is 1.51. The lowest BCUT2D eigenvalue weighted by atomic mass is 10.2. The number of ether oxygens (including phenoxy) is 1. The van der Waals surface area contributed by atoms with Gasteiger partial charge < -0.3 is 10.1 Å². The third kappa shape index (κ3) is 4.05. The van der Waals surface area contributed by atoms with E-state index in [1.165, 1.54) is 18.0 Å². The van der Waals surface area contributed by atoms with Gasteiger partial charge in [0.15, 0.2) is 0 Å². The number of nitrogens with one attached hydrogen (secondary N) is 1. The molecule has 0 radical (unpaired) electrons. The Balaban J connectivity index is 1.74. The molecule has 1 N–H and O–H groups in total. The lowest BCUT2D eigenvalue weighted by molar-refractivity contribution is -0.116. The predicted molar refractivity (Wildman–Crippen MR) is 105 cm³/mol. The molecule has 0 aliphatic carbocycles. The second-order valence-electron chi connectivity index (χ2n) is 5.55. The monoisotopic (exact) mass is 435 g/mol. The smallest absolute Gasteiger partial charge is 0.261 e. The van der Waals surface area contributed by atoms with Crippen molar-refractivity contribution in [1.82, 2.24) is 9.55 Å². The largest absolute Gasteiger partial charge is 0.495 e. The number of aromatic nitrogens is 2. The Morgan fingerprint density at radius 2 is 2.12 bits per heavy atom. The first-order valence-corrected chi connectivity index (χ1v) is 8.93. The van der Waals surface area contributed by atoms with Crippen LogP contribution >= 0.6 is 27.5 Å². The van der Waals surface area contributed by atoms with Gasteiger partial charge in [-0.25, -0.2) is 4.98 Å². The minimum Gasteiger partial charge on any atom is -0.495 e. The van der Waals surface area contributed by atoms with Crippen LogP contribution < -0.4 is 15.6 Å². The number of benzene rings is 2. The first kappa shape index (κ1) is 18.4. The second kappa shape index (κ2) is 7.88. The number of methoxy groups -OCH3 is 1. The number of halogens is 2. The molecule has 0 atom stereocenters. The summed E-state index contributed by atoms with van der Waals surface area (Å²) in [6, 6.07) is 10.3. The third-order valence-electron chi connectivity index (χ3n) is 3.80. The van der Waals surface area contributed by atoms with Crippen LogP contribution in [0.15, 0.2) is 52.0 Å². The minimum atomic E-state index is -0.258. The maximum Gasteiger partial charge on any atom is 0.261 e. The average molecular weight is 437 g/mol. The van der Waals surface area contributed by atoms with E-state index in [4.69, 9.17) is 16.3 Å². The third-order valence-corrected chi connectivity index (χ3v) is 4.53. The molecule has 0 aliphatic heterocycles. The molecule has 0 unspecified atom stereocenters. The molecule has 1 heterocycles. The van der Waals surface area contributed by atoms with Crippen LogP contribution in [0, 0.1) is 0 Å². The fraction of sp³-hybridized carbons (Fsp3) is 0.167. The zero-order chi connectivity index (χ0) is 18.7. The molecule has 3 aromatic rings. The molecule has 1 amide bonds. The fourth-order valence-electron chi connectivity index (χ4n) is 2.50. The van der Waals surface area contributed by atoms with Crippen LogP contribution in [0.4, 0.5) is 5.69 Å². The van der Waals surface area contributed by atoms with Crippen molar-refractivity contribution in [2.45, 2.75) is 13.0 Å². The van der Waals surface area contributed by atoms with Crippen molar-refractivity contribution in [3.05, 3.63) is 62.6 Å². The molecule has 3 rings (SSSR count). The van der Waals surface area contributed by atoms with E-state index < -0.39 is 0 Å². The number of anilines is 1. The SMILES string of the molecule is COc1ccc(Cl)cc1NC(=O)CCn1cnc2ccc(Br)cc2c1=O. The molecule has 26 heavy (non-hydrogen) atoms. The number of aryl methyl sites for hydroxylation is 1. The Labute approximate surface area is 162 Å². The molecule has 6 nitrogen and oxygen atoms in total. The minimum absolute atomic E-state index is 0.108. The van der Waals surface area contributed by atoms with Gasteiger partial charge in [0.1, 0.15) is 5.75 Å². The Morgan fingerprint density at radius 3 is 2.88 bits per heavy atom. The lowest BCUT2D eigenvalue weighted by Gasteiger charge is -2.11. The summed E-state index contributed by atoms with van der Waals surface area (Å²) in [4.78, 5) is 29.0. The summed E-state index contributed by atoms with van der Waals surface area (Å²) in [5, 5.41) is 3.73. The van der Waals surface area contributed by atoms with E-state index in [-0.39, 0.29) is 24.4 Å². The molecule has 0 bridgehead atoms. The summed E-state index contributed by atoms with van der Waals surface area (Å²) < 4.78 is 7.42. The molecule has 0 spiro atoms. The van der Waals surface area contributed by atoms with E-state index in [1.807, 2.05) is 6.07 Å². The van der Waals surface area contributed by atoms with Gasteiger partial charge in [0.25, 0.3) is 5.56 Å². The standard InChI is InChI=1S/C18H15BrClN3O3/c1-26-16-5-3-12(20)9-15(16)22-17(24)6-7-23-10-21-14-4-2-11(19)8-13(14)18(23)25/h2-5,8-10H,6-7H2,1H3,(H,22,24). The molecule has 134 valence electrons. The van der Waals surface area contributed by atoms with E-state index in [9.17, 15) is 9.59 Å². The average Bonchev–Trinajstić information content (AvgIpc) is 2.62.